The van der Waals surface area contributed by atoms with Gasteiger partial charge in [-0.25, -0.2) is 4.98 Å². The van der Waals surface area contributed by atoms with Gasteiger partial charge in [-0.1, -0.05) is 6.92 Å². The molecule has 1 unspecified atom stereocenters. The number of amides is 1. The number of rotatable bonds is 2. The second kappa shape index (κ2) is 5.05. The van der Waals surface area contributed by atoms with Crippen molar-refractivity contribution < 1.29 is 4.79 Å². The molecule has 0 bridgehead atoms. The van der Waals surface area contributed by atoms with Crippen LogP contribution in [0.3, 0.4) is 0 Å². The van der Waals surface area contributed by atoms with Crippen LogP contribution in [-0.2, 0) is 0 Å². The van der Waals surface area contributed by atoms with Crippen molar-refractivity contribution in [2.45, 2.75) is 38.6 Å². The zero-order valence-electron chi connectivity index (χ0n) is 9.59. The van der Waals surface area contributed by atoms with E-state index in [9.17, 15) is 4.79 Å². The van der Waals surface area contributed by atoms with Gasteiger partial charge < -0.3 is 4.90 Å². The predicted molar refractivity (Wildman–Crippen MR) is 61.0 cm³/mol. The maximum absolute atomic E-state index is 12.2. The molecule has 4 nitrogen and oxygen atoms in total. The van der Waals surface area contributed by atoms with Gasteiger partial charge in [-0.05, 0) is 25.7 Å². The van der Waals surface area contributed by atoms with E-state index in [1.807, 2.05) is 4.90 Å². The van der Waals surface area contributed by atoms with Gasteiger partial charge in [0, 0.05) is 25.0 Å². The van der Waals surface area contributed by atoms with Crippen molar-refractivity contribution in [2.24, 2.45) is 0 Å². The minimum atomic E-state index is 0.0275. The summed E-state index contributed by atoms with van der Waals surface area (Å²) in [6.45, 7) is 2.99. The Morgan fingerprint density at radius 2 is 2.38 bits per heavy atom. The fourth-order valence-corrected chi connectivity index (χ4v) is 2.25. The van der Waals surface area contributed by atoms with Crippen LogP contribution in [0, 0.1) is 0 Å². The highest BCUT2D eigenvalue weighted by molar-refractivity contribution is 5.92. The number of aromatic nitrogens is 2. The fraction of sp³-hybridized carbons (Fsp3) is 0.583. The summed E-state index contributed by atoms with van der Waals surface area (Å²) >= 11 is 0. The van der Waals surface area contributed by atoms with Crippen LogP contribution in [0.25, 0.3) is 0 Å². The Hall–Kier alpha value is -1.45. The van der Waals surface area contributed by atoms with Gasteiger partial charge in [0.2, 0.25) is 0 Å². The van der Waals surface area contributed by atoms with E-state index < -0.39 is 0 Å². The highest BCUT2D eigenvalue weighted by Crippen LogP contribution is 2.20. The van der Waals surface area contributed by atoms with Crippen molar-refractivity contribution in [1.29, 1.82) is 0 Å². The number of hydrogen-bond acceptors (Lipinski definition) is 3. The summed E-state index contributed by atoms with van der Waals surface area (Å²) in [6.07, 6.45) is 9.16. The fourth-order valence-electron chi connectivity index (χ4n) is 2.25. The Labute approximate surface area is 95.7 Å². The number of nitrogens with zero attached hydrogens (tertiary/aromatic N) is 3. The molecule has 1 fully saturated rings. The summed E-state index contributed by atoms with van der Waals surface area (Å²) in [5, 5.41) is 0. The number of carbonyl (C=O) groups is 1. The highest BCUT2D eigenvalue weighted by Gasteiger charge is 2.26. The molecule has 1 atom stereocenters. The van der Waals surface area contributed by atoms with E-state index in [0.29, 0.717) is 11.7 Å². The third-order valence-electron chi connectivity index (χ3n) is 3.14. The monoisotopic (exact) mass is 219 g/mol. The van der Waals surface area contributed by atoms with Crippen molar-refractivity contribution >= 4 is 5.91 Å². The third-order valence-corrected chi connectivity index (χ3v) is 3.14. The molecule has 0 saturated carbocycles. The van der Waals surface area contributed by atoms with Gasteiger partial charge in [-0.3, -0.25) is 9.78 Å². The van der Waals surface area contributed by atoms with Crippen molar-refractivity contribution in [2.75, 3.05) is 6.54 Å². The summed E-state index contributed by atoms with van der Waals surface area (Å²) in [4.78, 5) is 22.2. The topological polar surface area (TPSA) is 46.1 Å². The predicted octanol–water partition coefficient (Wildman–Crippen LogP) is 1.88. The minimum absolute atomic E-state index is 0.0275. The standard InChI is InChI=1S/C12H17N3O/c1-2-10-5-3-4-8-15(10)12(16)11-9-13-6-7-14-11/h6-7,9-10H,2-5,8H2,1H3. The Morgan fingerprint density at radius 3 is 3.06 bits per heavy atom. The molecule has 4 heteroatoms. The molecule has 0 spiro atoms. The molecule has 0 aromatic carbocycles. The molecule has 1 aliphatic heterocycles. The number of carbonyl (C=O) groups excluding carboxylic acids is 1. The van der Waals surface area contributed by atoms with Crippen LogP contribution < -0.4 is 0 Å². The van der Waals surface area contributed by atoms with Gasteiger partial charge in [-0.2, -0.15) is 0 Å². The lowest BCUT2D eigenvalue weighted by Crippen LogP contribution is -2.43. The Bertz CT molecular complexity index is 353. The van der Waals surface area contributed by atoms with Gasteiger partial charge in [0.1, 0.15) is 5.69 Å². The Balaban J connectivity index is 2.14. The molecule has 0 aliphatic carbocycles. The summed E-state index contributed by atoms with van der Waals surface area (Å²) in [5.74, 6) is 0.0275. The van der Waals surface area contributed by atoms with Crippen molar-refractivity contribution in [3.63, 3.8) is 0 Å². The average molecular weight is 219 g/mol. The normalized spacial score (nSPS) is 20.8. The number of piperidine rings is 1. The van der Waals surface area contributed by atoms with E-state index in [1.165, 1.54) is 6.42 Å². The Kier molecular flexibility index (Phi) is 3.49. The molecule has 0 N–H and O–H groups in total. The minimum Gasteiger partial charge on any atom is -0.334 e. The van der Waals surface area contributed by atoms with Crippen LogP contribution in [0.15, 0.2) is 18.6 Å². The van der Waals surface area contributed by atoms with Crippen LogP contribution in [0.5, 0.6) is 0 Å². The average Bonchev–Trinajstić information content (AvgIpc) is 2.39. The SMILES string of the molecule is CCC1CCCCN1C(=O)c1cnccn1. The second-order valence-electron chi connectivity index (χ2n) is 4.15. The molecule has 1 aromatic heterocycles. The lowest BCUT2D eigenvalue weighted by molar-refractivity contribution is 0.0601. The second-order valence-corrected chi connectivity index (χ2v) is 4.15. The zero-order chi connectivity index (χ0) is 11.4. The van der Waals surface area contributed by atoms with E-state index in [4.69, 9.17) is 0 Å². The highest BCUT2D eigenvalue weighted by atomic mass is 16.2. The summed E-state index contributed by atoms with van der Waals surface area (Å²) in [7, 11) is 0. The molecule has 1 saturated heterocycles. The first-order valence-electron chi connectivity index (χ1n) is 5.90. The van der Waals surface area contributed by atoms with Gasteiger partial charge >= 0.3 is 0 Å². The van der Waals surface area contributed by atoms with Gasteiger partial charge in [0.15, 0.2) is 0 Å². The van der Waals surface area contributed by atoms with Crippen LogP contribution in [0.4, 0.5) is 0 Å². The van der Waals surface area contributed by atoms with Crippen LogP contribution in [-0.4, -0.2) is 33.4 Å². The quantitative estimate of drug-likeness (QED) is 0.763. The largest absolute Gasteiger partial charge is 0.334 e. The lowest BCUT2D eigenvalue weighted by Gasteiger charge is -2.34. The van der Waals surface area contributed by atoms with Crippen molar-refractivity contribution in [3.8, 4) is 0 Å². The van der Waals surface area contributed by atoms with Gasteiger partial charge in [0.25, 0.3) is 5.91 Å². The molecule has 2 heterocycles. The molecule has 1 aliphatic rings. The van der Waals surface area contributed by atoms with Gasteiger partial charge in [0.05, 0.1) is 6.20 Å². The van der Waals surface area contributed by atoms with E-state index in [0.717, 1.165) is 25.8 Å². The summed E-state index contributed by atoms with van der Waals surface area (Å²) in [6, 6.07) is 0.378. The first-order valence-corrected chi connectivity index (χ1v) is 5.90. The van der Waals surface area contributed by atoms with E-state index in [-0.39, 0.29) is 5.91 Å². The number of hydrogen-bond donors (Lipinski definition) is 0. The molecular formula is C12H17N3O. The molecule has 1 amide bonds. The molecule has 0 radical (unpaired) electrons. The number of likely N-dealkylation sites (tertiary alicyclic amines) is 1. The van der Waals surface area contributed by atoms with Crippen LogP contribution in [0.2, 0.25) is 0 Å². The maximum Gasteiger partial charge on any atom is 0.274 e. The smallest absolute Gasteiger partial charge is 0.274 e. The van der Waals surface area contributed by atoms with E-state index in [2.05, 4.69) is 16.9 Å². The molecular weight excluding hydrogens is 202 g/mol. The third kappa shape index (κ3) is 2.21. The van der Waals surface area contributed by atoms with Crippen molar-refractivity contribution in [1.82, 2.24) is 14.9 Å². The first-order chi connectivity index (χ1) is 7.83. The zero-order valence-corrected chi connectivity index (χ0v) is 9.59. The molecule has 2 rings (SSSR count). The Morgan fingerprint density at radius 1 is 1.50 bits per heavy atom. The first kappa shape index (κ1) is 11.0. The summed E-state index contributed by atoms with van der Waals surface area (Å²) in [5.41, 5.74) is 0.461. The van der Waals surface area contributed by atoms with Crippen LogP contribution >= 0.6 is 0 Å². The van der Waals surface area contributed by atoms with Crippen LogP contribution in [0.1, 0.15) is 43.1 Å². The molecule has 16 heavy (non-hydrogen) atoms. The van der Waals surface area contributed by atoms with Crippen molar-refractivity contribution in [3.05, 3.63) is 24.3 Å². The molecule has 1 aromatic rings. The maximum atomic E-state index is 12.2. The van der Waals surface area contributed by atoms with E-state index >= 15 is 0 Å². The molecule has 86 valence electrons. The van der Waals surface area contributed by atoms with Gasteiger partial charge in [-0.15, -0.1) is 0 Å². The van der Waals surface area contributed by atoms with E-state index in [1.54, 1.807) is 18.6 Å². The lowest BCUT2D eigenvalue weighted by atomic mass is 10.00. The summed E-state index contributed by atoms with van der Waals surface area (Å²) < 4.78 is 0.